The lowest BCUT2D eigenvalue weighted by Crippen LogP contribution is -2.13. The summed E-state index contributed by atoms with van der Waals surface area (Å²) in [5.74, 6) is -1.51. The van der Waals surface area contributed by atoms with Gasteiger partial charge in [-0.05, 0) is 20.3 Å². The molecule has 0 aromatic carbocycles. The van der Waals surface area contributed by atoms with Crippen molar-refractivity contribution < 1.29 is 18.0 Å². The van der Waals surface area contributed by atoms with Crippen molar-refractivity contribution in [3.63, 3.8) is 0 Å². The van der Waals surface area contributed by atoms with E-state index in [9.17, 15) is 8.96 Å². The van der Waals surface area contributed by atoms with Crippen LogP contribution in [0.15, 0.2) is 0 Å². The zero-order chi connectivity index (χ0) is 13.3. The second kappa shape index (κ2) is 9.70. The van der Waals surface area contributed by atoms with Crippen molar-refractivity contribution in [2.45, 2.75) is 56.3 Å². The molecule has 0 rings (SSSR count). The normalized spacial score (nSPS) is 15.8. The van der Waals surface area contributed by atoms with E-state index in [0.29, 0.717) is 0 Å². The van der Waals surface area contributed by atoms with Crippen molar-refractivity contribution in [1.82, 2.24) is 0 Å². The van der Waals surface area contributed by atoms with Gasteiger partial charge in [0.1, 0.15) is 0 Å². The molecule has 104 valence electrons. The number of rotatable bonds is 10. The Bertz CT molecular complexity index is 231. The molecule has 0 saturated carbocycles. The number of unbranched alkanes of at least 4 members (excludes halogenated alkanes) is 1. The van der Waals surface area contributed by atoms with Gasteiger partial charge < -0.3 is 9.05 Å². The van der Waals surface area contributed by atoms with Gasteiger partial charge in [-0.3, -0.25) is 4.57 Å². The molecule has 0 heterocycles. The number of hydrogen-bond donors (Lipinski definition) is 0. The molecule has 2 unspecified atom stereocenters. The second-order valence-corrected chi connectivity index (χ2v) is 7.70. The first-order valence-corrected chi connectivity index (χ1v) is 9.02. The molecule has 0 amide bonds. The molecule has 0 aliphatic carbocycles. The first-order valence-electron chi connectivity index (χ1n) is 6.17. The average molecular weight is 380 g/mol. The number of alkyl halides is 2. The van der Waals surface area contributed by atoms with E-state index < -0.39 is 13.5 Å². The van der Waals surface area contributed by atoms with E-state index in [1.807, 2.05) is 0 Å². The fourth-order valence-electron chi connectivity index (χ4n) is 1.44. The summed E-state index contributed by atoms with van der Waals surface area (Å²) in [6.45, 7) is 5.90. The van der Waals surface area contributed by atoms with Gasteiger partial charge in [-0.1, -0.05) is 42.4 Å². The summed E-state index contributed by atoms with van der Waals surface area (Å²) >= 11 is 2.20. The van der Waals surface area contributed by atoms with Crippen LogP contribution in [0, 0.1) is 0 Å². The van der Waals surface area contributed by atoms with Crippen LogP contribution in [0.1, 0.15) is 46.5 Å². The molecule has 3 nitrogen and oxygen atoms in total. The largest absolute Gasteiger partial charge is 0.364 e. The molecular weight excluding hydrogens is 357 g/mol. The highest BCUT2D eigenvalue weighted by molar-refractivity contribution is 14.1. The first-order chi connectivity index (χ1) is 8.00. The second-order valence-electron chi connectivity index (χ2n) is 3.79. The quantitative estimate of drug-likeness (QED) is 0.306. The van der Waals surface area contributed by atoms with Gasteiger partial charge in [0.25, 0.3) is 0 Å². The molecule has 17 heavy (non-hydrogen) atoms. The molecular formula is C11H23FIO3P. The van der Waals surface area contributed by atoms with Crippen molar-refractivity contribution in [2.75, 3.05) is 13.2 Å². The van der Waals surface area contributed by atoms with Gasteiger partial charge in [0.2, 0.25) is 5.91 Å². The summed E-state index contributed by atoms with van der Waals surface area (Å²) in [5.41, 5.74) is 0. The fourth-order valence-corrected chi connectivity index (χ4v) is 4.36. The predicted molar refractivity (Wildman–Crippen MR) is 77.7 cm³/mol. The molecule has 2 atom stereocenters. The summed E-state index contributed by atoms with van der Waals surface area (Å²) < 4.78 is 36.2. The average Bonchev–Trinajstić information content (AvgIpc) is 2.27. The van der Waals surface area contributed by atoms with Gasteiger partial charge in [-0.2, -0.15) is 0 Å². The van der Waals surface area contributed by atoms with E-state index in [1.54, 1.807) is 13.8 Å². The molecule has 0 spiro atoms. The third-order valence-electron chi connectivity index (χ3n) is 2.28. The van der Waals surface area contributed by atoms with Gasteiger partial charge in [-0.15, -0.1) is 0 Å². The maximum atomic E-state index is 14.0. The van der Waals surface area contributed by atoms with Crippen molar-refractivity contribution in [3.05, 3.63) is 0 Å². The highest BCUT2D eigenvalue weighted by Crippen LogP contribution is 2.55. The monoisotopic (exact) mass is 380 g/mol. The van der Waals surface area contributed by atoms with E-state index in [2.05, 4.69) is 29.5 Å². The Hall–Kier alpha value is 0.810. The van der Waals surface area contributed by atoms with Crippen LogP contribution in [0.25, 0.3) is 0 Å². The van der Waals surface area contributed by atoms with Crippen LogP contribution in [0.2, 0.25) is 0 Å². The van der Waals surface area contributed by atoms with Crippen LogP contribution >= 0.6 is 30.2 Å². The Morgan fingerprint density at radius 3 is 2.18 bits per heavy atom. The first kappa shape index (κ1) is 17.8. The summed E-state index contributed by atoms with van der Waals surface area (Å²) in [6, 6.07) is 0. The van der Waals surface area contributed by atoms with E-state index in [0.717, 1.165) is 19.3 Å². The lowest BCUT2D eigenvalue weighted by Gasteiger charge is -2.22. The van der Waals surface area contributed by atoms with Crippen LogP contribution in [-0.2, 0) is 13.6 Å². The van der Waals surface area contributed by atoms with Gasteiger partial charge in [0.05, 0.1) is 13.2 Å². The maximum absolute atomic E-state index is 14.0. The molecule has 0 aromatic rings. The van der Waals surface area contributed by atoms with Crippen molar-refractivity contribution >= 4 is 30.2 Å². The maximum Gasteiger partial charge on any atom is 0.364 e. The van der Waals surface area contributed by atoms with E-state index in [1.165, 1.54) is 0 Å². The van der Waals surface area contributed by atoms with Crippen molar-refractivity contribution in [3.8, 4) is 0 Å². The summed E-state index contributed by atoms with van der Waals surface area (Å²) in [4.78, 5) is 0. The topological polar surface area (TPSA) is 35.5 Å². The third kappa shape index (κ3) is 7.09. The highest BCUT2D eigenvalue weighted by Gasteiger charge is 2.36. The summed E-state index contributed by atoms with van der Waals surface area (Å²) in [7, 11) is -3.57. The SMILES string of the molecule is CCCCC(I)CC(F)P(=O)(OCC)OCC. The Morgan fingerprint density at radius 2 is 1.76 bits per heavy atom. The Labute approximate surface area is 118 Å². The molecule has 0 saturated heterocycles. The Balaban J connectivity index is 4.31. The number of halogens is 2. The van der Waals surface area contributed by atoms with Crippen molar-refractivity contribution in [1.29, 1.82) is 0 Å². The lowest BCUT2D eigenvalue weighted by molar-refractivity contribution is 0.186. The van der Waals surface area contributed by atoms with Gasteiger partial charge >= 0.3 is 7.60 Å². The molecule has 0 radical (unpaired) electrons. The van der Waals surface area contributed by atoms with Crippen molar-refractivity contribution in [2.24, 2.45) is 0 Å². The van der Waals surface area contributed by atoms with E-state index in [4.69, 9.17) is 9.05 Å². The van der Waals surface area contributed by atoms with Crippen LogP contribution < -0.4 is 0 Å². The van der Waals surface area contributed by atoms with E-state index >= 15 is 0 Å². The summed E-state index contributed by atoms with van der Waals surface area (Å²) in [5, 5.41) is 0. The van der Waals surface area contributed by atoms with Gasteiger partial charge in [0.15, 0.2) is 0 Å². The molecule has 6 heteroatoms. The molecule has 0 aromatic heterocycles. The standard InChI is InChI=1S/C11H23FIO3P/c1-4-7-8-10(13)9-11(12)17(14,15-5-2)16-6-3/h10-11H,4-9H2,1-3H3. The predicted octanol–water partition coefficient (Wildman–Crippen LogP) is 4.93. The van der Waals surface area contributed by atoms with Crippen LogP contribution in [0.5, 0.6) is 0 Å². The minimum atomic E-state index is -3.57. The van der Waals surface area contributed by atoms with Crippen LogP contribution in [0.3, 0.4) is 0 Å². The Kier molecular flexibility index (Phi) is 10.2. The smallest absolute Gasteiger partial charge is 0.307 e. The molecule has 0 N–H and O–H groups in total. The third-order valence-corrected chi connectivity index (χ3v) is 5.55. The number of hydrogen-bond acceptors (Lipinski definition) is 3. The Morgan fingerprint density at radius 1 is 1.24 bits per heavy atom. The zero-order valence-electron chi connectivity index (χ0n) is 10.8. The highest BCUT2D eigenvalue weighted by atomic mass is 127. The minimum Gasteiger partial charge on any atom is -0.307 e. The minimum absolute atomic E-state index is 0.178. The van der Waals surface area contributed by atoms with Gasteiger partial charge in [-0.25, -0.2) is 4.39 Å². The molecule has 0 fully saturated rings. The van der Waals surface area contributed by atoms with Gasteiger partial charge in [0, 0.05) is 10.3 Å². The van der Waals surface area contributed by atoms with Crippen LogP contribution in [-0.4, -0.2) is 23.1 Å². The van der Waals surface area contributed by atoms with E-state index in [-0.39, 0.29) is 23.6 Å². The van der Waals surface area contributed by atoms with Crippen LogP contribution in [0.4, 0.5) is 4.39 Å². The molecule has 0 bridgehead atoms. The molecule has 0 aliphatic rings. The summed E-state index contributed by atoms with van der Waals surface area (Å²) in [6.07, 6.45) is 3.33. The fraction of sp³-hybridized carbons (Fsp3) is 1.00. The molecule has 0 aliphatic heterocycles. The zero-order valence-corrected chi connectivity index (χ0v) is 13.9. The lowest BCUT2D eigenvalue weighted by atomic mass is 10.2.